The fourth-order valence-corrected chi connectivity index (χ4v) is 11.0. The molecular weight excluding hydrogens is 1270 g/mol. The van der Waals surface area contributed by atoms with E-state index in [4.69, 9.17) is 55.9 Å². The molecule has 1 aromatic heterocycles. The van der Waals surface area contributed by atoms with Gasteiger partial charge in [-0.1, -0.05) is 112 Å². The first-order valence-corrected chi connectivity index (χ1v) is 33.2. The number of aliphatic hydroxyl groups excluding tert-OH is 2. The molecule has 1 aliphatic rings. The van der Waals surface area contributed by atoms with E-state index < -0.39 is 111 Å². The highest BCUT2D eigenvalue weighted by atomic mass is 35.5. The number of rotatable bonds is 33. The molecule has 95 heavy (non-hydrogen) atoms. The maximum absolute atomic E-state index is 14.8. The van der Waals surface area contributed by atoms with Crippen LogP contribution in [0, 0.1) is 11.8 Å². The van der Waals surface area contributed by atoms with Crippen LogP contribution in [0.4, 0.5) is 10.6 Å². The number of carbonyl (C=O) groups excluding carboxylic acids is 5. The Morgan fingerprint density at radius 3 is 2.04 bits per heavy atom. The number of alkyl carbamates (subject to hydrolysis) is 1. The van der Waals surface area contributed by atoms with Crippen molar-refractivity contribution in [3.63, 3.8) is 0 Å². The van der Waals surface area contributed by atoms with E-state index in [-0.39, 0.29) is 63.5 Å². The van der Waals surface area contributed by atoms with E-state index in [0.717, 1.165) is 38.1 Å². The number of nitrogens with zero attached hydrogens (tertiary/aromatic N) is 3. The van der Waals surface area contributed by atoms with Gasteiger partial charge in [-0.3, -0.25) is 28.5 Å². The summed E-state index contributed by atoms with van der Waals surface area (Å²) in [4.78, 5) is 101. The molecule has 1 aliphatic heterocycles. The number of aliphatic hydroxyl groups is 2. The molecule has 12 N–H and O–H groups in total. The molecule has 7 rings (SSSR count). The number of hydroxylamine groups is 1. The number of ether oxygens (including phenoxy) is 5. The summed E-state index contributed by atoms with van der Waals surface area (Å²) in [5.41, 5.74) is 14.0. The summed E-state index contributed by atoms with van der Waals surface area (Å²) < 4.78 is 53.1. The highest BCUT2D eigenvalue weighted by molar-refractivity contribution is 7.47. The molecule has 514 valence electrons. The van der Waals surface area contributed by atoms with Gasteiger partial charge in [0.05, 0.1) is 13.2 Å². The van der Waals surface area contributed by atoms with Crippen molar-refractivity contribution in [2.24, 2.45) is 22.6 Å². The number of nitrogens with two attached hydrogens (primary N) is 2. The van der Waals surface area contributed by atoms with E-state index in [1.807, 2.05) is 86.1 Å². The van der Waals surface area contributed by atoms with Gasteiger partial charge >= 0.3 is 25.6 Å². The van der Waals surface area contributed by atoms with Crippen LogP contribution in [-0.2, 0) is 53.7 Å². The van der Waals surface area contributed by atoms with Crippen LogP contribution in [0.2, 0.25) is 5.02 Å². The Morgan fingerprint density at radius 1 is 0.779 bits per heavy atom. The number of esters is 1. The van der Waals surface area contributed by atoms with Crippen molar-refractivity contribution in [2.45, 2.75) is 148 Å². The molecule has 27 nitrogen and oxygen atoms in total. The molecule has 4 unspecified atom stereocenters. The quantitative estimate of drug-likeness (QED) is 0.00484. The van der Waals surface area contributed by atoms with E-state index >= 15 is 0 Å². The lowest BCUT2D eigenvalue weighted by atomic mass is 9.92. The minimum absolute atomic E-state index is 0.00630. The van der Waals surface area contributed by atoms with Gasteiger partial charge in [0.15, 0.2) is 12.8 Å². The molecule has 8 atom stereocenters. The number of phosphoric acid groups is 1. The van der Waals surface area contributed by atoms with Gasteiger partial charge in [0, 0.05) is 35.4 Å². The molecule has 29 heteroatoms. The average molecular weight is 1360 g/mol. The normalized spacial score (nSPS) is 17.3. The minimum Gasteiger partial charge on any atom is -0.493 e. The number of carbonyl (C=O) groups is 5. The lowest BCUT2D eigenvalue weighted by Gasteiger charge is -2.26. The number of halogens is 1. The number of hydrogen-bond donors (Lipinski definition) is 10. The van der Waals surface area contributed by atoms with Crippen molar-refractivity contribution in [2.75, 3.05) is 38.6 Å². The van der Waals surface area contributed by atoms with Crippen LogP contribution in [-0.4, -0.2) is 135 Å². The number of aromatic nitrogens is 2. The summed E-state index contributed by atoms with van der Waals surface area (Å²) in [7, 11) is -5.05. The Hall–Kier alpha value is -8.40. The molecule has 0 saturated carbocycles. The molecule has 0 radical (unpaired) electrons. The van der Waals surface area contributed by atoms with Crippen molar-refractivity contribution in [3.8, 4) is 22.6 Å². The average Bonchev–Trinajstić information content (AvgIpc) is 1.20. The summed E-state index contributed by atoms with van der Waals surface area (Å²) in [5.74, 6) is -2.45. The molecule has 1 fully saturated rings. The standard InChI is InChI=1S/C66H86ClN10O17P/c1-39(2)29-33-88-50-26-24-42-17-8-10-20-45(42)55(50)56-46-21-11-9-18-43(46)25-27-51(56)89-38-54(78)72-47(22-12-13-30-71-65(85)93-66(5,6)7)59(81)73-48(60(82)74-49(34-40(3)4)62(83)90-36-41-16-14-19-44(67)35-41)23-15-31-70-63(69)76-94-95(86,87)91-37-52-57(79)58(80)61(92-52)77-32-28-53(68)75-64(77)84/h8-11,14,16-21,24-28,32,35,39-40,47-49,52,57-58,61,79-80H,12-13,15,22-23,29-31,33-34,36-38H2,1-7H3,(H,71,85)(H,72,78)(H,73,81)(H,74,82)(H,86,87)(H2,68,75,84)(H3,69,70,76)/t47?,48?,49?,52-,57-,58-,61-/m1/s1. The highest BCUT2D eigenvalue weighted by Gasteiger charge is 2.45. The summed E-state index contributed by atoms with van der Waals surface area (Å²) in [5, 5.41) is 36.3. The van der Waals surface area contributed by atoms with Crippen LogP contribution in [0.3, 0.4) is 0 Å². The maximum atomic E-state index is 14.8. The smallest absolute Gasteiger partial charge is 0.493 e. The third-order valence-corrected chi connectivity index (χ3v) is 15.9. The topological polar surface area (TPSA) is 387 Å². The number of nitrogen functional groups attached to an aromatic ring is 1. The second kappa shape index (κ2) is 34.8. The van der Waals surface area contributed by atoms with Crippen LogP contribution in [0.1, 0.15) is 105 Å². The zero-order chi connectivity index (χ0) is 69.0. The molecule has 0 aliphatic carbocycles. The number of amides is 4. The zero-order valence-corrected chi connectivity index (χ0v) is 55.8. The summed E-state index contributed by atoms with van der Waals surface area (Å²) in [6, 6.07) is 27.3. The van der Waals surface area contributed by atoms with Gasteiger partial charge in [0.25, 0.3) is 5.91 Å². The van der Waals surface area contributed by atoms with Gasteiger partial charge in [0.1, 0.15) is 66.0 Å². The van der Waals surface area contributed by atoms with Crippen LogP contribution >= 0.6 is 19.4 Å². The molecule has 0 spiro atoms. The third kappa shape index (κ3) is 22.6. The van der Waals surface area contributed by atoms with Crippen LogP contribution in [0.15, 0.2) is 119 Å². The van der Waals surface area contributed by atoms with Gasteiger partial charge in [0.2, 0.25) is 17.8 Å². The monoisotopic (exact) mass is 1360 g/mol. The first kappa shape index (κ1) is 74.0. The number of nitrogens with one attached hydrogen (secondary N) is 5. The molecule has 6 aromatic rings. The Balaban J connectivity index is 1.09. The Bertz CT molecular complexity index is 3760. The van der Waals surface area contributed by atoms with Crippen LogP contribution in [0.5, 0.6) is 11.5 Å². The van der Waals surface area contributed by atoms with E-state index in [9.17, 15) is 48.4 Å². The van der Waals surface area contributed by atoms with Gasteiger partial charge in [-0.2, -0.15) is 9.61 Å². The van der Waals surface area contributed by atoms with Crippen molar-refractivity contribution >= 4 is 82.5 Å². The molecule has 1 saturated heterocycles. The predicted molar refractivity (Wildman–Crippen MR) is 356 cm³/mol. The number of guanidine groups is 1. The number of fused-ring (bicyclic) bond motifs is 2. The maximum Gasteiger partial charge on any atom is 0.493 e. The van der Waals surface area contributed by atoms with E-state index in [2.05, 4.69) is 45.1 Å². The van der Waals surface area contributed by atoms with Crippen LogP contribution in [0.25, 0.3) is 32.7 Å². The number of phosphoric ester groups is 1. The molecule has 0 bridgehead atoms. The second-order valence-electron chi connectivity index (χ2n) is 24.6. The summed E-state index contributed by atoms with van der Waals surface area (Å²) in [6.07, 6.45) is -4.32. The van der Waals surface area contributed by atoms with Crippen molar-refractivity contribution in [1.82, 2.24) is 36.3 Å². The predicted octanol–water partition coefficient (Wildman–Crippen LogP) is 7.25. The molecule has 4 amide bonds. The van der Waals surface area contributed by atoms with Crippen molar-refractivity contribution in [3.05, 3.63) is 130 Å². The lowest BCUT2D eigenvalue weighted by molar-refractivity contribution is -0.150. The van der Waals surface area contributed by atoms with E-state index in [1.165, 1.54) is 12.3 Å². The minimum atomic E-state index is -5.05. The number of hydrogen-bond acceptors (Lipinski definition) is 19. The zero-order valence-electron chi connectivity index (χ0n) is 54.2. The van der Waals surface area contributed by atoms with E-state index in [0.29, 0.717) is 46.6 Å². The van der Waals surface area contributed by atoms with E-state index in [1.54, 1.807) is 51.1 Å². The second-order valence-corrected chi connectivity index (χ2v) is 26.4. The molecule has 2 heterocycles. The lowest BCUT2D eigenvalue weighted by Crippen LogP contribution is -2.56. The fourth-order valence-electron chi connectivity index (χ4n) is 10.2. The van der Waals surface area contributed by atoms with Crippen molar-refractivity contribution < 1.29 is 76.5 Å². The first-order valence-electron chi connectivity index (χ1n) is 31.3. The number of aliphatic imine (C=N–C) groups is 1. The highest BCUT2D eigenvalue weighted by Crippen LogP contribution is 2.46. The number of unbranched alkanes of at least 4 members (excludes halogenated alkanes) is 1. The van der Waals surface area contributed by atoms with Crippen LogP contribution < -0.4 is 53.4 Å². The Labute approximate surface area is 555 Å². The fraction of sp³-hybridized carbons (Fsp3) is 0.455. The number of anilines is 1. The SMILES string of the molecule is CC(C)CCOc1ccc2ccccc2c1-c1c(OCC(=O)NC(CCCCNC(=O)OC(C)(C)C)C(=O)NC(CCCN=C(N)NOP(=O)(O)OC[C@H]2O[C@@H](n3ccc(N)nc3=O)[C@H](O)[C@@H]2O)C(=O)NC(CC(C)C)C(=O)OCc2cccc(Cl)c2)ccc2ccccc12. The van der Waals surface area contributed by atoms with Crippen molar-refractivity contribution in [1.29, 1.82) is 0 Å². The number of benzene rings is 5. The Kier molecular flexibility index (Phi) is 27.1. The van der Waals surface area contributed by atoms with Gasteiger partial charge < -0.3 is 71.5 Å². The third-order valence-electron chi connectivity index (χ3n) is 14.9. The van der Waals surface area contributed by atoms with Gasteiger partial charge in [-0.05, 0) is 135 Å². The summed E-state index contributed by atoms with van der Waals surface area (Å²) in [6.45, 7) is 12.0. The summed E-state index contributed by atoms with van der Waals surface area (Å²) >= 11 is 6.19. The largest absolute Gasteiger partial charge is 0.493 e. The molecule has 5 aromatic carbocycles. The van der Waals surface area contributed by atoms with Gasteiger partial charge in [-0.15, -0.1) is 0 Å². The van der Waals surface area contributed by atoms with Gasteiger partial charge in [-0.25, -0.2) is 24.4 Å². The first-order chi connectivity index (χ1) is 45.1. The molecular formula is C66H86ClN10O17P. The Morgan fingerprint density at radius 2 is 1.41 bits per heavy atom.